The number of aryl methyl sites for hydroxylation is 2. The molecule has 0 saturated heterocycles. The first-order valence-corrected chi connectivity index (χ1v) is 7.49. The van der Waals surface area contributed by atoms with Gasteiger partial charge in [-0.1, -0.05) is 24.3 Å². The molecule has 0 aliphatic heterocycles. The van der Waals surface area contributed by atoms with Crippen LogP contribution in [0.4, 0.5) is 0 Å². The van der Waals surface area contributed by atoms with Gasteiger partial charge in [0.15, 0.2) is 6.61 Å². The zero-order valence-corrected chi connectivity index (χ0v) is 13.6. The van der Waals surface area contributed by atoms with Gasteiger partial charge < -0.3 is 9.84 Å². The quantitative estimate of drug-likeness (QED) is 0.730. The van der Waals surface area contributed by atoms with Crippen molar-refractivity contribution >= 4 is 11.8 Å². The summed E-state index contributed by atoms with van der Waals surface area (Å²) in [4.78, 5) is 23.5. The predicted octanol–water partition coefficient (Wildman–Crippen LogP) is 1.78. The van der Waals surface area contributed by atoms with Gasteiger partial charge in [0.25, 0.3) is 5.91 Å². The van der Waals surface area contributed by atoms with Gasteiger partial charge in [-0.15, -0.1) is 0 Å². The third-order valence-electron chi connectivity index (χ3n) is 3.34. The topological polar surface area (TPSA) is 87.7 Å². The van der Waals surface area contributed by atoms with Crippen LogP contribution < -0.4 is 15.6 Å². The zero-order valence-electron chi connectivity index (χ0n) is 13.6. The summed E-state index contributed by atoms with van der Waals surface area (Å²) >= 11 is 0. The summed E-state index contributed by atoms with van der Waals surface area (Å²) in [5, 5.41) is 9.19. The largest absolute Gasteiger partial charge is 0.508 e. The Morgan fingerprint density at radius 1 is 1.00 bits per heavy atom. The van der Waals surface area contributed by atoms with E-state index in [0.29, 0.717) is 5.75 Å². The molecule has 0 spiro atoms. The molecule has 6 nitrogen and oxygen atoms in total. The lowest BCUT2D eigenvalue weighted by Gasteiger charge is -2.11. The van der Waals surface area contributed by atoms with E-state index in [1.54, 1.807) is 12.1 Å². The lowest BCUT2D eigenvalue weighted by molar-refractivity contribution is -0.129. The second-order valence-electron chi connectivity index (χ2n) is 5.50. The smallest absolute Gasteiger partial charge is 0.276 e. The number of aromatic hydroxyl groups is 1. The molecule has 0 saturated carbocycles. The second kappa shape index (κ2) is 8.01. The highest BCUT2D eigenvalue weighted by molar-refractivity contribution is 5.83. The van der Waals surface area contributed by atoms with Crippen molar-refractivity contribution in [2.24, 2.45) is 0 Å². The number of nitrogens with one attached hydrogen (secondary N) is 2. The van der Waals surface area contributed by atoms with Gasteiger partial charge >= 0.3 is 0 Å². The van der Waals surface area contributed by atoms with Crippen molar-refractivity contribution in [1.82, 2.24) is 10.9 Å². The zero-order chi connectivity index (χ0) is 17.5. The number of hydrazine groups is 1. The number of phenolic OH excluding ortho intramolecular Hbond substituents is 1. The number of benzene rings is 2. The molecule has 0 atom stereocenters. The minimum Gasteiger partial charge on any atom is -0.508 e. The number of hydrogen-bond donors (Lipinski definition) is 3. The van der Waals surface area contributed by atoms with Crippen LogP contribution in [0.1, 0.15) is 16.7 Å². The average molecular weight is 328 g/mol. The summed E-state index contributed by atoms with van der Waals surface area (Å²) in [5.74, 6) is -0.0349. The molecule has 0 unspecified atom stereocenters. The molecule has 0 aromatic heterocycles. The molecule has 2 aromatic carbocycles. The summed E-state index contributed by atoms with van der Waals surface area (Å²) in [7, 11) is 0. The second-order valence-corrected chi connectivity index (χ2v) is 5.50. The number of carbonyl (C=O) groups is 2. The van der Waals surface area contributed by atoms with E-state index < -0.39 is 5.91 Å². The minimum absolute atomic E-state index is 0.0956. The fraction of sp³-hybridized carbons (Fsp3) is 0.222. The van der Waals surface area contributed by atoms with Crippen molar-refractivity contribution in [2.75, 3.05) is 6.61 Å². The molecule has 2 amide bonds. The van der Waals surface area contributed by atoms with Crippen molar-refractivity contribution < 1.29 is 19.4 Å². The number of rotatable bonds is 5. The van der Waals surface area contributed by atoms with E-state index in [9.17, 15) is 14.7 Å². The maximum atomic E-state index is 11.7. The number of carbonyl (C=O) groups excluding carboxylic acids is 2. The van der Waals surface area contributed by atoms with Crippen molar-refractivity contribution in [2.45, 2.75) is 20.3 Å². The Labute approximate surface area is 140 Å². The molecule has 0 aliphatic rings. The van der Waals surface area contributed by atoms with Crippen LogP contribution in [-0.2, 0) is 16.0 Å². The Morgan fingerprint density at radius 3 is 2.38 bits per heavy atom. The fourth-order valence-electron chi connectivity index (χ4n) is 2.03. The molecule has 24 heavy (non-hydrogen) atoms. The van der Waals surface area contributed by atoms with Gasteiger partial charge in [0.2, 0.25) is 5.91 Å². The first kappa shape index (κ1) is 17.3. The number of amides is 2. The van der Waals surface area contributed by atoms with Crippen molar-refractivity contribution in [3.63, 3.8) is 0 Å². The van der Waals surface area contributed by atoms with E-state index in [2.05, 4.69) is 10.9 Å². The van der Waals surface area contributed by atoms with Crippen LogP contribution in [0.15, 0.2) is 42.5 Å². The molecule has 6 heteroatoms. The Kier molecular flexibility index (Phi) is 5.78. The monoisotopic (exact) mass is 328 g/mol. The van der Waals surface area contributed by atoms with Crippen LogP contribution in [-0.4, -0.2) is 23.5 Å². The van der Waals surface area contributed by atoms with E-state index in [1.165, 1.54) is 12.1 Å². The summed E-state index contributed by atoms with van der Waals surface area (Å²) in [6.45, 7) is 3.64. The Hall–Kier alpha value is -3.02. The lowest BCUT2D eigenvalue weighted by atomic mass is 10.1. The molecule has 2 aromatic rings. The van der Waals surface area contributed by atoms with E-state index >= 15 is 0 Å². The molecule has 126 valence electrons. The van der Waals surface area contributed by atoms with Gasteiger partial charge in [0.1, 0.15) is 11.5 Å². The molecule has 0 aliphatic carbocycles. The summed E-state index contributed by atoms with van der Waals surface area (Å²) in [6, 6.07) is 12.0. The van der Waals surface area contributed by atoms with Crippen molar-refractivity contribution in [3.8, 4) is 11.5 Å². The van der Waals surface area contributed by atoms with Gasteiger partial charge in [-0.25, -0.2) is 0 Å². The third kappa shape index (κ3) is 5.31. The van der Waals surface area contributed by atoms with E-state index in [1.807, 2.05) is 32.0 Å². The fourth-order valence-corrected chi connectivity index (χ4v) is 2.03. The molecule has 0 heterocycles. The van der Waals surface area contributed by atoms with Gasteiger partial charge in [0, 0.05) is 0 Å². The molecule has 3 N–H and O–H groups in total. The van der Waals surface area contributed by atoms with Crippen molar-refractivity contribution in [3.05, 3.63) is 59.2 Å². The van der Waals surface area contributed by atoms with E-state index in [0.717, 1.165) is 16.7 Å². The highest BCUT2D eigenvalue weighted by Gasteiger charge is 2.08. The SMILES string of the molecule is Cc1ccc(C)c(OCC(=O)NNC(=O)Cc2ccc(O)cc2)c1. The lowest BCUT2D eigenvalue weighted by Crippen LogP contribution is -2.44. The maximum Gasteiger partial charge on any atom is 0.276 e. The highest BCUT2D eigenvalue weighted by Crippen LogP contribution is 2.18. The normalized spacial score (nSPS) is 10.1. The molecule has 0 bridgehead atoms. The van der Waals surface area contributed by atoms with Crippen LogP contribution in [0, 0.1) is 13.8 Å². The van der Waals surface area contributed by atoms with Crippen LogP contribution >= 0.6 is 0 Å². The predicted molar refractivity (Wildman–Crippen MR) is 89.5 cm³/mol. The van der Waals surface area contributed by atoms with Gasteiger partial charge in [-0.05, 0) is 48.7 Å². The third-order valence-corrected chi connectivity index (χ3v) is 3.34. The minimum atomic E-state index is -0.449. The molecule has 0 radical (unpaired) electrons. The Balaban J connectivity index is 1.75. The standard InChI is InChI=1S/C18H20N2O4/c1-12-3-4-13(2)16(9-12)24-11-18(23)20-19-17(22)10-14-5-7-15(21)8-6-14/h3-9,21H,10-11H2,1-2H3,(H,19,22)(H,20,23). The van der Waals surface area contributed by atoms with Crippen LogP contribution in [0.3, 0.4) is 0 Å². The molecule has 0 fully saturated rings. The Bertz CT molecular complexity index is 726. The Morgan fingerprint density at radius 2 is 1.67 bits per heavy atom. The first-order valence-electron chi connectivity index (χ1n) is 7.49. The van der Waals surface area contributed by atoms with E-state index in [-0.39, 0.29) is 24.7 Å². The van der Waals surface area contributed by atoms with Gasteiger partial charge in [-0.2, -0.15) is 0 Å². The average Bonchev–Trinajstić information content (AvgIpc) is 2.56. The summed E-state index contributed by atoms with van der Waals surface area (Å²) in [5.41, 5.74) is 7.34. The first-order chi connectivity index (χ1) is 11.4. The summed E-state index contributed by atoms with van der Waals surface area (Å²) in [6.07, 6.45) is 0.0956. The molecular weight excluding hydrogens is 308 g/mol. The molecule has 2 rings (SSSR count). The van der Waals surface area contributed by atoms with Crippen LogP contribution in [0.5, 0.6) is 11.5 Å². The van der Waals surface area contributed by atoms with Gasteiger partial charge in [-0.3, -0.25) is 20.4 Å². The van der Waals surface area contributed by atoms with Crippen LogP contribution in [0.25, 0.3) is 0 Å². The van der Waals surface area contributed by atoms with Crippen molar-refractivity contribution in [1.29, 1.82) is 0 Å². The molecular formula is C18H20N2O4. The van der Waals surface area contributed by atoms with Crippen LogP contribution in [0.2, 0.25) is 0 Å². The number of phenols is 1. The highest BCUT2D eigenvalue weighted by atomic mass is 16.5. The number of ether oxygens (including phenoxy) is 1. The maximum absolute atomic E-state index is 11.7. The van der Waals surface area contributed by atoms with Gasteiger partial charge in [0.05, 0.1) is 6.42 Å². The van der Waals surface area contributed by atoms with E-state index in [4.69, 9.17) is 4.74 Å². The number of hydrogen-bond acceptors (Lipinski definition) is 4. The summed E-state index contributed by atoms with van der Waals surface area (Å²) < 4.78 is 5.45.